The van der Waals surface area contributed by atoms with Crippen molar-refractivity contribution in [2.24, 2.45) is 0 Å². The van der Waals surface area contributed by atoms with Crippen LogP contribution in [-0.4, -0.2) is 36.9 Å². The van der Waals surface area contributed by atoms with Gasteiger partial charge in [0.15, 0.2) is 6.61 Å². The number of rotatable bonds is 20. The number of esters is 2. The lowest BCUT2D eigenvalue weighted by molar-refractivity contribution is -0.159. The molecule has 5 heteroatoms. The molecule has 0 amide bonds. The summed E-state index contributed by atoms with van der Waals surface area (Å²) in [6, 6.07) is 0. The van der Waals surface area contributed by atoms with E-state index >= 15 is 0 Å². The number of unbranched alkanes of at least 4 members (excludes halogenated alkanes) is 14. The second-order valence-electron chi connectivity index (χ2n) is 7.30. The fourth-order valence-electron chi connectivity index (χ4n) is 3.05. The largest absolute Gasteiger partial charge is 0.461 e. The van der Waals surface area contributed by atoms with Crippen molar-refractivity contribution in [2.75, 3.05) is 19.8 Å². The summed E-state index contributed by atoms with van der Waals surface area (Å²) in [5.41, 5.74) is 0. The lowest BCUT2D eigenvalue weighted by Gasteiger charge is -2.05. The monoisotopic (exact) mass is 386 g/mol. The van der Waals surface area contributed by atoms with Crippen molar-refractivity contribution in [3.05, 3.63) is 0 Å². The van der Waals surface area contributed by atoms with E-state index in [9.17, 15) is 9.59 Å². The van der Waals surface area contributed by atoms with Gasteiger partial charge in [-0.1, -0.05) is 96.8 Å². The van der Waals surface area contributed by atoms with E-state index in [1.54, 1.807) is 0 Å². The first kappa shape index (κ1) is 25.9. The van der Waals surface area contributed by atoms with Gasteiger partial charge in [-0.2, -0.15) is 0 Å². The third-order valence-corrected chi connectivity index (χ3v) is 4.69. The molecule has 0 aliphatic carbocycles. The lowest BCUT2D eigenvalue weighted by atomic mass is 10.0. The van der Waals surface area contributed by atoms with Crippen molar-refractivity contribution in [3.8, 4) is 0 Å². The van der Waals surface area contributed by atoms with Crippen molar-refractivity contribution >= 4 is 11.9 Å². The molecular formula is C22H42O5. The van der Waals surface area contributed by atoms with Crippen LogP contribution in [0.2, 0.25) is 0 Å². The first-order valence-corrected chi connectivity index (χ1v) is 11.1. The highest BCUT2D eigenvalue weighted by atomic mass is 16.6. The van der Waals surface area contributed by atoms with Gasteiger partial charge in [-0.25, -0.2) is 4.79 Å². The quantitative estimate of drug-likeness (QED) is 0.226. The van der Waals surface area contributed by atoms with Gasteiger partial charge in [0, 0.05) is 6.42 Å². The molecule has 0 aliphatic rings. The summed E-state index contributed by atoms with van der Waals surface area (Å²) >= 11 is 0. The minimum atomic E-state index is -0.617. The first-order valence-electron chi connectivity index (χ1n) is 11.1. The Morgan fingerprint density at radius 2 is 1.07 bits per heavy atom. The Morgan fingerprint density at radius 1 is 0.630 bits per heavy atom. The van der Waals surface area contributed by atoms with Gasteiger partial charge in [0.05, 0.1) is 6.61 Å². The van der Waals surface area contributed by atoms with Crippen LogP contribution in [0.3, 0.4) is 0 Å². The Labute approximate surface area is 166 Å². The molecule has 0 aromatic carbocycles. The summed E-state index contributed by atoms with van der Waals surface area (Å²) in [5, 5.41) is 8.51. The minimum absolute atomic E-state index is 0.0601. The molecule has 0 rings (SSSR count). The molecule has 0 heterocycles. The van der Waals surface area contributed by atoms with Crippen LogP contribution in [0.25, 0.3) is 0 Å². The average molecular weight is 387 g/mol. The molecule has 0 unspecified atom stereocenters. The summed E-state index contributed by atoms with van der Waals surface area (Å²) in [4.78, 5) is 22.6. The zero-order valence-electron chi connectivity index (χ0n) is 17.5. The number of hydrogen-bond donors (Lipinski definition) is 1. The van der Waals surface area contributed by atoms with Gasteiger partial charge in [0.25, 0.3) is 0 Å². The normalized spacial score (nSPS) is 10.7. The molecule has 0 spiro atoms. The lowest BCUT2D eigenvalue weighted by Crippen LogP contribution is -2.17. The first-order chi connectivity index (χ1) is 13.2. The van der Waals surface area contributed by atoms with E-state index in [1.165, 1.54) is 77.0 Å². The third kappa shape index (κ3) is 21.1. The molecule has 27 heavy (non-hydrogen) atoms. The molecule has 0 saturated heterocycles. The highest BCUT2D eigenvalue weighted by molar-refractivity contribution is 5.76. The van der Waals surface area contributed by atoms with Crippen LogP contribution in [0.1, 0.15) is 110 Å². The zero-order chi connectivity index (χ0) is 20.0. The number of ether oxygens (including phenoxy) is 2. The van der Waals surface area contributed by atoms with Gasteiger partial charge in [0.2, 0.25) is 0 Å². The van der Waals surface area contributed by atoms with E-state index in [-0.39, 0.29) is 25.8 Å². The van der Waals surface area contributed by atoms with E-state index in [1.807, 2.05) is 0 Å². The van der Waals surface area contributed by atoms with Crippen molar-refractivity contribution in [1.82, 2.24) is 0 Å². The number of aliphatic hydroxyl groups is 1. The molecule has 0 bridgehead atoms. The Morgan fingerprint density at radius 3 is 1.52 bits per heavy atom. The molecule has 1 N–H and O–H groups in total. The summed E-state index contributed by atoms with van der Waals surface area (Å²) in [5.74, 6) is -0.973. The maximum Gasteiger partial charge on any atom is 0.344 e. The van der Waals surface area contributed by atoms with Crippen molar-refractivity contribution in [2.45, 2.75) is 110 Å². The van der Waals surface area contributed by atoms with E-state index in [4.69, 9.17) is 9.84 Å². The standard InChI is InChI=1S/C22H42O5/c1-2-3-4-5-6-7-8-9-10-11-12-13-14-15-16-17-21(24)27-20-22(25)26-19-18-23/h23H,2-20H2,1H3. The summed E-state index contributed by atoms with van der Waals surface area (Å²) in [6.07, 6.45) is 19.7. The molecule has 0 aromatic rings. The Bertz CT molecular complexity index is 344. The molecular weight excluding hydrogens is 344 g/mol. The maximum atomic E-state index is 11.5. The van der Waals surface area contributed by atoms with Crippen molar-refractivity contribution in [1.29, 1.82) is 0 Å². The fourth-order valence-corrected chi connectivity index (χ4v) is 3.05. The fraction of sp³-hybridized carbons (Fsp3) is 0.909. The maximum absolute atomic E-state index is 11.5. The summed E-state index contributed by atoms with van der Waals surface area (Å²) < 4.78 is 9.43. The molecule has 0 radical (unpaired) electrons. The number of carbonyl (C=O) groups is 2. The topological polar surface area (TPSA) is 72.8 Å². The number of aliphatic hydroxyl groups excluding tert-OH is 1. The van der Waals surface area contributed by atoms with Gasteiger partial charge < -0.3 is 14.6 Å². The Kier molecular flexibility index (Phi) is 20.3. The van der Waals surface area contributed by atoms with Crippen LogP contribution in [0.5, 0.6) is 0 Å². The predicted octanol–water partition coefficient (Wildman–Crippen LogP) is 5.33. The summed E-state index contributed by atoms with van der Waals surface area (Å²) in [7, 11) is 0. The molecule has 0 fully saturated rings. The second-order valence-corrected chi connectivity index (χ2v) is 7.30. The Balaban J connectivity index is 3.20. The molecule has 0 saturated carbocycles. The van der Waals surface area contributed by atoms with Crippen molar-refractivity contribution < 1.29 is 24.2 Å². The zero-order valence-corrected chi connectivity index (χ0v) is 17.5. The van der Waals surface area contributed by atoms with E-state index in [0.717, 1.165) is 19.3 Å². The highest BCUT2D eigenvalue weighted by Gasteiger charge is 2.08. The molecule has 0 aromatic heterocycles. The van der Waals surface area contributed by atoms with Gasteiger partial charge >= 0.3 is 11.9 Å². The van der Waals surface area contributed by atoms with Crippen LogP contribution in [0.15, 0.2) is 0 Å². The molecule has 5 nitrogen and oxygen atoms in total. The van der Waals surface area contributed by atoms with Crippen LogP contribution in [0, 0.1) is 0 Å². The number of hydrogen-bond acceptors (Lipinski definition) is 5. The highest BCUT2D eigenvalue weighted by Crippen LogP contribution is 2.13. The minimum Gasteiger partial charge on any atom is -0.461 e. The second kappa shape index (κ2) is 21.2. The van der Waals surface area contributed by atoms with Crippen LogP contribution < -0.4 is 0 Å². The van der Waals surface area contributed by atoms with E-state index in [0.29, 0.717) is 6.42 Å². The smallest absolute Gasteiger partial charge is 0.344 e. The van der Waals surface area contributed by atoms with Crippen LogP contribution >= 0.6 is 0 Å². The van der Waals surface area contributed by atoms with Gasteiger partial charge in [-0.3, -0.25) is 4.79 Å². The van der Waals surface area contributed by atoms with E-state index in [2.05, 4.69) is 11.7 Å². The van der Waals surface area contributed by atoms with Crippen molar-refractivity contribution in [3.63, 3.8) is 0 Å². The van der Waals surface area contributed by atoms with Gasteiger partial charge in [0.1, 0.15) is 6.61 Å². The number of carbonyl (C=O) groups excluding carboxylic acids is 2. The van der Waals surface area contributed by atoms with Crippen LogP contribution in [-0.2, 0) is 19.1 Å². The third-order valence-electron chi connectivity index (χ3n) is 4.69. The average Bonchev–Trinajstić information content (AvgIpc) is 2.67. The molecule has 0 atom stereocenters. The SMILES string of the molecule is CCCCCCCCCCCCCCCCCC(=O)OCC(=O)OCCO. The van der Waals surface area contributed by atoms with Crippen LogP contribution in [0.4, 0.5) is 0 Å². The molecule has 0 aliphatic heterocycles. The van der Waals surface area contributed by atoms with Gasteiger partial charge in [-0.05, 0) is 6.42 Å². The van der Waals surface area contributed by atoms with Gasteiger partial charge in [-0.15, -0.1) is 0 Å². The molecule has 160 valence electrons. The van der Waals surface area contributed by atoms with E-state index < -0.39 is 5.97 Å². The Hall–Kier alpha value is -1.10. The predicted molar refractivity (Wildman–Crippen MR) is 109 cm³/mol. The summed E-state index contributed by atoms with van der Waals surface area (Å²) in [6.45, 7) is 1.61.